The summed E-state index contributed by atoms with van der Waals surface area (Å²) in [4.78, 5) is 6.76. The molecular formula is C24H22N4O6S3. The van der Waals surface area contributed by atoms with Gasteiger partial charge in [0.05, 0.1) is 19.6 Å². The average molecular weight is 559 g/mol. The van der Waals surface area contributed by atoms with E-state index in [-0.39, 0.29) is 32.7 Å². The van der Waals surface area contributed by atoms with E-state index in [1.807, 2.05) is 0 Å². The fourth-order valence-electron chi connectivity index (χ4n) is 3.28. The molecule has 192 valence electrons. The molecule has 0 radical (unpaired) electrons. The van der Waals surface area contributed by atoms with Gasteiger partial charge in [-0.2, -0.15) is 0 Å². The number of nitrogens with zero attached hydrogens (tertiary/aromatic N) is 2. The molecule has 2 aromatic carbocycles. The van der Waals surface area contributed by atoms with Crippen molar-refractivity contribution in [3.63, 3.8) is 0 Å². The molecule has 0 atom stereocenters. The van der Waals surface area contributed by atoms with Gasteiger partial charge in [-0.15, -0.1) is 0 Å². The Morgan fingerprint density at radius 1 is 0.541 bits per heavy atom. The maximum Gasteiger partial charge on any atom is 0.240 e. The van der Waals surface area contributed by atoms with Crippen molar-refractivity contribution in [3.8, 4) is 0 Å². The Labute approximate surface area is 215 Å². The monoisotopic (exact) mass is 558 g/mol. The topological polar surface area (TPSA) is 152 Å². The van der Waals surface area contributed by atoms with Crippen LogP contribution in [0.5, 0.6) is 0 Å². The third-order valence-electron chi connectivity index (χ3n) is 5.23. The number of nitrogens with one attached hydrogen (secondary N) is 2. The van der Waals surface area contributed by atoms with Gasteiger partial charge in [0.2, 0.25) is 29.9 Å². The summed E-state index contributed by atoms with van der Waals surface area (Å²) in [6.07, 6.45) is 6.14. The number of rotatable bonds is 10. The zero-order valence-corrected chi connectivity index (χ0v) is 21.7. The van der Waals surface area contributed by atoms with Gasteiger partial charge in [-0.1, -0.05) is 24.3 Å². The Hall–Kier alpha value is -3.49. The SMILES string of the molecule is O=S(=O)(NCc1cccnc1)c1cccc(S(=O)(=O)c2cccc(S(=O)(=O)NCc3cccnc3)c2)c1. The van der Waals surface area contributed by atoms with Crippen LogP contribution in [0.4, 0.5) is 0 Å². The predicted molar refractivity (Wildman–Crippen MR) is 135 cm³/mol. The molecule has 0 saturated heterocycles. The zero-order chi connectivity index (χ0) is 26.5. The zero-order valence-electron chi connectivity index (χ0n) is 19.2. The first kappa shape index (κ1) is 26.6. The minimum Gasteiger partial charge on any atom is -0.264 e. The highest BCUT2D eigenvalue weighted by molar-refractivity contribution is 7.92. The second-order valence-corrected chi connectivity index (χ2v) is 13.3. The molecule has 0 aliphatic carbocycles. The number of hydrogen-bond donors (Lipinski definition) is 2. The molecule has 37 heavy (non-hydrogen) atoms. The largest absolute Gasteiger partial charge is 0.264 e. The van der Waals surface area contributed by atoms with E-state index in [0.717, 1.165) is 12.1 Å². The van der Waals surface area contributed by atoms with Crippen LogP contribution in [-0.4, -0.2) is 35.2 Å². The van der Waals surface area contributed by atoms with Crippen LogP contribution in [0.15, 0.2) is 117 Å². The van der Waals surface area contributed by atoms with Crippen molar-refractivity contribution >= 4 is 29.9 Å². The van der Waals surface area contributed by atoms with Gasteiger partial charge >= 0.3 is 0 Å². The van der Waals surface area contributed by atoms with E-state index in [2.05, 4.69) is 19.4 Å². The van der Waals surface area contributed by atoms with Gasteiger partial charge in [-0.05, 0) is 59.7 Å². The van der Waals surface area contributed by atoms with E-state index >= 15 is 0 Å². The highest BCUT2D eigenvalue weighted by Crippen LogP contribution is 2.25. The molecule has 0 saturated carbocycles. The summed E-state index contributed by atoms with van der Waals surface area (Å²) in [5, 5.41) is 0. The van der Waals surface area contributed by atoms with E-state index in [0.29, 0.717) is 11.1 Å². The van der Waals surface area contributed by atoms with Crippen molar-refractivity contribution in [1.29, 1.82) is 0 Å². The van der Waals surface area contributed by atoms with E-state index in [1.165, 1.54) is 48.8 Å². The summed E-state index contributed by atoms with van der Waals surface area (Å²) in [6.45, 7) is -0.0573. The molecule has 2 N–H and O–H groups in total. The van der Waals surface area contributed by atoms with Gasteiger partial charge in [0.25, 0.3) is 0 Å². The van der Waals surface area contributed by atoms with E-state index in [9.17, 15) is 25.3 Å². The van der Waals surface area contributed by atoms with Crippen LogP contribution in [0.25, 0.3) is 0 Å². The molecule has 10 nitrogen and oxygen atoms in total. The summed E-state index contributed by atoms with van der Waals surface area (Å²) in [7, 11) is -12.3. The number of sulfone groups is 1. The van der Waals surface area contributed by atoms with Crippen molar-refractivity contribution in [1.82, 2.24) is 19.4 Å². The Kier molecular flexibility index (Phi) is 7.80. The van der Waals surface area contributed by atoms with Crippen molar-refractivity contribution in [3.05, 3.63) is 109 Å². The quantitative estimate of drug-likeness (QED) is 0.301. The minimum atomic E-state index is -4.24. The van der Waals surface area contributed by atoms with E-state index < -0.39 is 29.9 Å². The maximum absolute atomic E-state index is 13.3. The van der Waals surface area contributed by atoms with Gasteiger partial charge in [-0.3, -0.25) is 9.97 Å². The summed E-state index contributed by atoms with van der Waals surface area (Å²) >= 11 is 0. The lowest BCUT2D eigenvalue weighted by Gasteiger charge is -2.11. The molecule has 4 aromatic rings. The van der Waals surface area contributed by atoms with Gasteiger partial charge in [-0.25, -0.2) is 34.7 Å². The Balaban J connectivity index is 1.57. The third-order valence-corrected chi connectivity index (χ3v) is 9.78. The van der Waals surface area contributed by atoms with Crippen molar-refractivity contribution < 1.29 is 25.3 Å². The minimum absolute atomic E-state index is 0.0287. The average Bonchev–Trinajstić information content (AvgIpc) is 2.92. The Morgan fingerprint density at radius 3 is 1.32 bits per heavy atom. The number of hydrogen-bond acceptors (Lipinski definition) is 8. The van der Waals surface area contributed by atoms with Crippen LogP contribution in [0.2, 0.25) is 0 Å². The second kappa shape index (κ2) is 10.9. The molecule has 0 bridgehead atoms. The first-order chi connectivity index (χ1) is 17.6. The van der Waals surface area contributed by atoms with E-state index in [1.54, 1.807) is 36.7 Å². The van der Waals surface area contributed by atoms with Crippen LogP contribution in [0, 0.1) is 0 Å². The van der Waals surface area contributed by atoms with Crippen LogP contribution < -0.4 is 9.44 Å². The molecule has 0 spiro atoms. The smallest absolute Gasteiger partial charge is 0.240 e. The first-order valence-electron chi connectivity index (χ1n) is 10.8. The normalized spacial score (nSPS) is 12.3. The summed E-state index contributed by atoms with van der Waals surface area (Å²) < 4.78 is 82.5. The fourth-order valence-corrected chi connectivity index (χ4v) is 6.91. The maximum atomic E-state index is 13.3. The van der Waals surface area contributed by atoms with E-state index in [4.69, 9.17) is 0 Å². The first-order valence-corrected chi connectivity index (χ1v) is 15.3. The number of pyridine rings is 2. The van der Waals surface area contributed by atoms with Crippen LogP contribution in [0.3, 0.4) is 0 Å². The molecule has 2 heterocycles. The molecule has 0 aliphatic rings. The molecule has 0 fully saturated rings. The molecule has 2 aromatic heterocycles. The highest BCUT2D eigenvalue weighted by atomic mass is 32.2. The molecule has 4 rings (SSSR count). The van der Waals surface area contributed by atoms with Crippen LogP contribution in [0.1, 0.15) is 11.1 Å². The summed E-state index contributed by atoms with van der Waals surface area (Å²) in [5.74, 6) is 0. The van der Waals surface area contributed by atoms with Gasteiger partial charge in [0.15, 0.2) is 0 Å². The second-order valence-electron chi connectivity index (χ2n) is 7.82. The molecule has 0 unspecified atom stereocenters. The van der Waals surface area contributed by atoms with Crippen molar-refractivity contribution in [2.45, 2.75) is 32.7 Å². The van der Waals surface area contributed by atoms with Crippen LogP contribution >= 0.6 is 0 Å². The van der Waals surface area contributed by atoms with Gasteiger partial charge in [0.1, 0.15) is 0 Å². The van der Waals surface area contributed by atoms with Crippen molar-refractivity contribution in [2.24, 2.45) is 0 Å². The number of sulfonamides is 2. The lowest BCUT2D eigenvalue weighted by atomic mass is 10.3. The summed E-state index contributed by atoms with van der Waals surface area (Å²) in [6, 6.07) is 16.4. The Morgan fingerprint density at radius 2 is 0.946 bits per heavy atom. The number of aromatic nitrogens is 2. The fraction of sp³-hybridized carbons (Fsp3) is 0.0833. The highest BCUT2D eigenvalue weighted by Gasteiger charge is 2.24. The van der Waals surface area contributed by atoms with Gasteiger partial charge in [0, 0.05) is 37.9 Å². The standard InChI is InChI=1S/C24H22N4O6S3/c29-35(30,21-7-1-9-23(13-21)36(31,32)27-17-19-5-3-11-25-15-19)22-8-2-10-24(14-22)37(33,34)28-18-20-6-4-12-26-16-20/h1-16,27-28H,17-18H2. The summed E-state index contributed by atoms with van der Waals surface area (Å²) in [5.41, 5.74) is 1.26. The predicted octanol–water partition coefficient (Wildman–Crippen LogP) is 2.27. The third kappa shape index (κ3) is 6.45. The van der Waals surface area contributed by atoms with Crippen molar-refractivity contribution in [2.75, 3.05) is 0 Å². The molecule has 0 amide bonds. The molecular weight excluding hydrogens is 536 g/mol. The van der Waals surface area contributed by atoms with Crippen LogP contribution in [-0.2, 0) is 43.0 Å². The molecule has 0 aliphatic heterocycles. The lowest BCUT2D eigenvalue weighted by molar-refractivity contribution is 0.579. The molecule has 13 heteroatoms. The lowest BCUT2D eigenvalue weighted by Crippen LogP contribution is -2.24. The van der Waals surface area contributed by atoms with Gasteiger partial charge < -0.3 is 0 Å². The Bertz CT molecular complexity index is 1590. The number of benzene rings is 2.